The summed E-state index contributed by atoms with van der Waals surface area (Å²) < 4.78 is 5.56. The molecule has 0 aliphatic carbocycles. The number of hydrogen-bond acceptors (Lipinski definition) is 4. The van der Waals surface area contributed by atoms with Gasteiger partial charge in [0, 0.05) is 11.1 Å². The van der Waals surface area contributed by atoms with Gasteiger partial charge < -0.3 is 9.84 Å². The second-order valence-corrected chi connectivity index (χ2v) is 5.37. The monoisotopic (exact) mass is 365 g/mol. The first kappa shape index (κ1) is 16.7. The summed E-state index contributed by atoms with van der Waals surface area (Å²) in [6.45, 7) is 1.92. The Morgan fingerprint density at radius 2 is 2.25 bits per heavy atom. The molecule has 0 spiro atoms. The molecule has 0 aliphatic heterocycles. The molecule has 6 nitrogen and oxygen atoms in total. The first-order valence-electron chi connectivity index (χ1n) is 5.89. The van der Waals surface area contributed by atoms with Crippen molar-refractivity contribution in [2.45, 2.75) is 32.3 Å². The van der Waals surface area contributed by atoms with Crippen LogP contribution in [0.1, 0.15) is 26.2 Å². The van der Waals surface area contributed by atoms with Gasteiger partial charge in [-0.3, -0.25) is 10.1 Å². The first-order chi connectivity index (χ1) is 9.36. The summed E-state index contributed by atoms with van der Waals surface area (Å²) in [6.07, 6.45) is 0.594. The number of nitro benzene ring substituents is 1. The van der Waals surface area contributed by atoms with Crippen molar-refractivity contribution in [1.29, 1.82) is 0 Å². The Labute approximate surface area is 129 Å². The fraction of sp³-hybridized carbons (Fsp3) is 0.417. The highest BCUT2D eigenvalue weighted by Gasteiger charge is 2.26. The van der Waals surface area contributed by atoms with Gasteiger partial charge in [0.1, 0.15) is 0 Å². The molecule has 110 valence electrons. The molecule has 0 aliphatic rings. The lowest BCUT2D eigenvalue weighted by Gasteiger charge is -2.16. The van der Waals surface area contributed by atoms with E-state index in [-0.39, 0.29) is 27.4 Å². The molecule has 0 amide bonds. The summed E-state index contributed by atoms with van der Waals surface area (Å²) in [5.74, 6) is -1.28. The number of rotatable bonds is 7. The van der Waals surface area contributed by atoms with E-state index < -0.39 is 17.0 Å². The number of aliphatic carboxylic acids is 1. The first-order valence-corrected chi connectivity index (χ1v) is 7.06. The average molecular weight is 367 g/mol. The third-order valence-electron chi connectivity index (χ3n) is 2.54. The van der Waals surface area contributed by atoms with E-state index in [9.17, 15) is 14.9 Å². The van der Waals surface area contributed by atoms with E-state index >= 15 is 0 Å². The van der Waals surface area contributed by atoms with Gasteiger partial charge in [0.05, 0.1) is 9.40 Å². The van der Waals surface area contributed by atoms with Crippen LogP contribution in [0.25, 0.3) is 0 Å². The molecule has 8 heteroatoms. The summed E-state index contributed by atoms with van der Waals surface area (Å²) in [4.78, 5) is 21.5. The highest BCUT2D eigenvalue weighted by Crippen LogP contribution is 2.38. The number of halogens is 2. The second kappa shape index (κ2) is 7.44. The molecule has 0 saturated heterocycles. The highest BCUT2D eigenvalue weighted by atomic mass is 79.9. The van der Waals surface area contributed by atoms with Crippen LogP contribution in [0.2, 0.25) is 5.02 Å². The fourth-order valence-corrected chi connectivity index (χ4v) is 2.45. The molecule has 0 bridgehead atoms. The summed E-state index contributed by atoms with van der Waals surface area (Å²) >= 11 is 8.85. The Morgan fingerprint density at radius 3 is 2.75 bits per heavy atom. The molecule has 20 heavy (non-hydrogen) atoms. The van der Waals surface area contributed by atoms with Crippen molar-refractivity contribution < 1.29 is 19.6 Å². The maximum Gasteiger partial charge on any atom is 0.344 e. The molecule has 0 fully saturated rings. The molecule has 1 N–H and O–H groups in total. The van der Waals surface area contributed by atoms with Gasteiger partial charge >= 0.3 is 11.7 Å². The number of unbranched alkanes of at least 4 members (excludes halogenated alkanes) is 1. The minimum absolute atomic E-state index is 0.122. The Morgan fingerprint density at radius 1 is 1.60 bits per heavy atom. The largest absolute Gasteiger partial charge is 0.479 e. The zero-order valence-corrected chi connectivity index (χ0v) is 13.0. The summed E-state index contributed by atoms with van der Waals surface area (Å²) in [6, 6.07) is 2.54. The lowest BCUT2D eigenvalue weighted by atomic mass is 10.1. The van der Waals surface area contributed by atoms with Gasteiger partial charge in [-0.25, -0.2) is 4.79 Å². The fourth-order valence-electron chi connectivity index (χ4n) is 1.56. The number of ether oxygens (including phenoxy) is 1. The van der Waals surface area contributed by atoms with Crippen molar-refractivity contribution in [2.24, 2.45) is 0 Å². The van der Waals surface area contributed by atoms with E-state index in [2.05, 4.69) is 15.9 Å². The van der Waals surface area contributed by atoms with E-state index in [1.807, 2.05) is 6.92 Å². The predicted octanol–water partition coefficient (Wildman–Crippen LogP) is 4.03. The van der Waals surface area contributed by atoms with Crippen LogP contribution in [0.4, 0.5) is 5.69 Å². The minimum atomic E-state index is -1.16. The standard InChI is InChI=1S/C12H13BrClNO5/c1-2-3-4-10(12(16)17)20-11-8(13)5-7(14)6-9(11)15(18)19/h5-6,10H,2-4H2,1H3,(H,16,17). The molecule has 1 aromatic carbocycles. The van der Waals surface area contributed by atoms with Crippen molar-refractivity contribution in [3.63, 3.8) is 0 Å². The minimum Gasteiger partial charge on any atom is -0.479 e. The summed E-state index contributed by atoms with van der Waals surface area (Å²) in [7, 11) is 0. The molecule has 0 heterocycles. The van der Waals surface area contributed by atoms with Crippen LogP contribution in [0.5, 0.6) is 5.75 Å². The lowest BCUT2D eigenvalue weighted by Crippen LogP contribution is -2.27. The number of nitro groups is 1. The molecular weight excluding hydrogens is 353 g/mol. The topological polar surface area (TPSA) is 89.7 Å². The van der Waals surface area contributed by atoms with Crippen LogP contribution in [0.15, 0.2) is 16.6 Å². The van der Waals surface area contributed by atoms with E-state index in [1.165, 1.54) is 6.07 Å². The van der Waals surface area contributed by atoms with Crippen LogP contribution >= 0.6 is 27.5 Å². The van der Waals surface area contributed by atoms with Gasteiger partial charge in [0.15, 0.2) is 6.10 Å². The molecular formula is C12H13BrClNO5. The van der Waals surface area contributed by atoms with Gasteiger partial charge in [-0.15, -0.1) is 0 Å². The number of hydrogen-bond donors (Lipinski definition) is 1. The van der Waals surface area contributed by atoms with Crippen LogP contribution in [-0.4, -0.2) is 22.1 Å². The van der Waals surface area contributed by atoms with Crippen molar-refractivity contribution in [3.05, 3.63) is 31.7 Å². The zero-order valence-electron chi connectivity index (χ0n) is 10.6. The smallest absolute Gasteiger partial charge is 0.344 e. The number of carboxylic acids is 1. The highest BCUT2D eigenvalue weighted by molar-refractivity contribution is 9.10. The number of carboxylic acid groups (broad SMARTS) is 1. The number of benzene rings is 1. The molecule has 0 saturated carbocycles. The SMILES string of the molecule is CCCCC(Oc1c(Br)cc(Cl)cc1[N+](=O)[O-])C(=O)O. The van der Waals surface area contributed by atoms with Crippen molar-refractivity contribution >= 4 is 39.2 Å². The van der Waals surface area contributed by atoms with Crippen molar-refractivity contribution in [3.8, 4) is 5.75 Å². The van der Waals surface area contributed by atoms with E-state index in [4.69, 9.17) is 21.4 Å². The van der Waals surface area contributed by atoms with Crippen LogP contribution in [-0.2, 0) is 4.79 Å². The third-order valence-corrected chi connectivity index (χ3v) is 3.35. The molecule has 0 aromatic heterocycles. The predicted molar refractivity (Wildman–Crippen MR) is 77.4 cm³/mol. The van der Waals surface area contributed by atoms with E-state index in [1.54, 1.807) is 0 Å². The van der Waals surface area contributed by atoms with Gasteiger partial charge in [-0.2, -0.15) is 0 Å². The molecule has 0 radical (unpaired) electrons. The van der Waals surface area contributed by atoms with Crippen LogP contribution in [0.3, 0.4) is 0 Å². The average Bonchev–Trinajstić information content (AvgIpc) is 2.35. The van der Waals surface area contributed by atoms with Gasteiger partial charge in [-0.1, -0.05) is 24.9 Å². The van der Waals surface area contributed by atoms with Gasteiger partial charge in [0.2, 0.25) is 5.75 Å². The Balaban J connectivity index is 3.11. The molecule has 1 aromatic rings. The van der Waals surface area contributed by atoms with Crippen molar-refractivity contribution in [2.75, 3.05) is 0 Å². The zero-order chi connectivity index (χ0) is 15.3. The molecule has 1 rings (SSSR count). The maximum absolute atomic E-state index is 11.1. The molecule has 1 unspecified atom stereocenters. The molecule has 1 atom stereocenters. The summed E-state index contributed by atoms with van der Waals surface area (Å²) in [5, 5.41) is 20.3. The van der Waals surface area contributed by atoms with Crippen LogP contribution < -0.4 is 4.74 Å². The van der Waals surface area contributed by atoms with Gasteiger partial charge in [0.25, 0.3) is 0 Å². The maximum atomic E-state index is 11.1. The Hall–Kier alpha value is -1.34. The van der Waals surface area contributed by atoms with Crippen LogP contribution in [0, 0.1) is 10.1 Å². The third kappa shape index (κ3) is 4.35. The second-order valence-electron chi connectivity index (χ2n) is 4.08. The Kier molecular flexibility index (Phi) is 6.22. The Bertz CT molecular complexity index is 523. The van der Waals surface area contributed by atoms with Crippen molar-refractivity contribution in [1.82, 2.24) is 0 Å². The van der Waals surface area contributed by atoms with Gasteiger partial charge in [-0.05, 0) is 34.8 Å². The van der Waals surface area contributed by atoms with E-state index in [0.717, 1.165) is 12.5 Å². The lowest BCUT2D eigenvalue weighted by molar-refractivity contribution is -0.386. The van der Waals surface area contributed by atoms with E-state index in [0.29, 0.717) is 6.42 Å². The quantitative estimate of drug-likeness (QED) is 0.581. The normalized spacial score (nSPS) is 11.9. The summed E-state index contributed by atoms with van der Waals surface area (Å²) in [5.41, 5.74) is -0.368. The number of nitrogens with zero attached hydrogens (tertiary/aromatic N) is 1. The number of carbonyl (C=O) groups is 1.